The number of benzene rings is 4. The van der Waals surface area contributed by atoms with Gasteiger partial charge in [-0.2, -0.15) is 8.42 Å². The molecule has 2 saturated carbocycles. The van der Waals surface area contributed by atoms with Crippen LogP contribution in [-0.2, 0) is 29.3 Å². The van der Waals surface area contributed by atoms with Crippen LogP contribution < -0.4 is 20.0 Å². The van der Waals surface area contributed by atoms with Crippen molar-refractivity contribution in [2.45, 2.75) is 75.5 Å². The maximum absolute atomic E-state index is 9.19. The van der Waals surface area contributed by atoms with Gasteiger partial charge in [-0.25, -0.2) is 0 Å². The first-order valence-electron chi connectivity index (χ1n) is 16.7. The molecule has 2 fully saturated rings. The number of nitrogens with two attached hydrogens (primary N) is 1. The first-order chi connectivity index (χ1) is 22.5. The first kappa shape index (κ1) is 37.3. The molecule has 0 atom stereocenters. The topological polar surface area (TPSA) is 83.6 Å². The number of hydrogen-bond acceptors (Lipinski definition) is 4. The molecule has 0 spiro atoms. The second-order valence-electron chi connectivity index (χ2n) is 12.7. The molecule has 0 amide bonds. The molecular weight excluding hydrogens is 714 g/mol. The van der Waals surface area contributed by atoms with E-state index >= 15 is 0 Å². The summed E-state index contributed by atoms with van der Waals surface area (Å²) < 4.78 is 27.0. The Morgan fingerprint density at radius 1 is 0.660 bits per heavy atom. The van der Waals surface area contributed by atoms with Crippen LogP contribution in [0.15, 0.2) is 97.1 Å². The average molecular weight is 764 g/mol. The van der Waals surface area contributed by atoms with Gasteiger partial charge in [-0.05, 0) is 53.9 Å². The van der Waals surface area contributed by atoms with Gasteiger partial charge in [0.15, 0.2) is 0 Å². The molecule has 0 aromatic heterocycles. The van der Waals surface area contributed by atoms with Crippen LogP contribution in [0.2, 0.25) is 0 Å². The Balaban J connectivity index is 0.000000218. The molecule has 2 aliphatic rings. The fourth-order valence-corrected chi connectivity index (χ4v) is 11.3. The molecule has 4 aromatic carbocycles. The van der Waals surface area contributed by atoms with Gasteiger partial charge >= 0.3 is 94.3 Å². The number of anilines is 2. The molecular formula is C39H50N2O3PPdS. The van der Waals surface area contributed by atoms with Gasteiger partial charge in [0.25, 0.3) is 10.1 Å². The molecule has 0 radical (unpaired) electrons. The third-order valence-electron chi connectivity index (χ3n) is 8.89. The van der Waals surface area contributed by atoms with Crippen molar-refractivity contribution >= 4 is 38.8 Å². The van der Waals surface area contributed by atoms with E-state index in [1.54, 1.807) is 5.30 Å². The van der Waals surface area contributed by atoms with Crippen molar-refractivity contribution in [1.82, 2.24) is 0 Å². The Labute approximate surface area is 295 Å². The van der Waals surface area contributed by atoms with Crippen LogP contribution in [0.3, 0.4) is 0 Å². The summed E-state index contributed by atoms with van der Waals surface area (Å²) in [5, 5.41) is 1.70. The summed E-state index contributed by atoms with van der Waals surface area (Å²) in [5.41, 5.74) is 15.1. The van der Waals surface area contributed by atoms with Crippen molar-refractivity contribution in [3.8, 4) is 22.3 Å². The van der Waals surface area contributed by atoms with Gasteiger partial charge in [0.2, 0.25) is 0 Å². The number of rotatable bonds is 6. The summed E-state index contributed by atoms with van der Waals surface area (Å²) in [5.74, 6) is 0. The molecule has 3 N–H and O–H groups in total. The minimum absolute atomic E-state index is 0.0867. The van der Waals surface area contributed by atoms with E-state index in [0.29, 0.717) is 6.26 Å². The van der Waals surface area contributed by atoms with Crippen LogP contribution >= 0.6 is 7.92 Å². The van der Waals surface area contributed by atoms with Gasteiger partial charge in [0.05, 0.1) is 6.26 Å². The zero-order valence-electron chi connectivity index (χ0n) is 27.9. The minimum atomic E-state index is -3.67. The monoisotopic (exact) mass is 763 g/mol. The van der Waals surface area contributed by atoms with E-state index in [0.717, 1.165) is 32.2 Å². The van der Waals surface area contributed by atoms with E-state index in [9.17, 15) is 8.42 Å². The summed E-state index contributed by atoms with van der Waals surface area (Å²) >= 11 is 3.23. The van der Waals surface area contributed by atoms with Crippen LogP contribution in [0.1, 0.15) is 64.2 Å². The summed E-state index contributed by atoms with van der Waals surface area (Å²) in [4.78, 5) is 2.27. The van der Waals surface area contributed by atoms with E-state index in [1.165, 1.54) is 81.0 Å². The Morgan fingerprint density at radius 2 is 1.09 bits per heavy atom. The van der Waals surface area contributed by atoms with Crippen LogP contribution in [0, 0.1) is 0 Å². The predicted octanol–water partition coefficient (Wildman–Crippen LogP) is 8.80. The van der Waals surface area contributed by atoms with Crippen molar-refractivity contribution in [1.29, 1.82) is 0 Å². The van der Waals surface area contributed by atoms with Crippen LogP contribution in [0.4, 0.5) is 11.4 Å². The molecule has 0 heterocycles. The van der Waals surface area contributed by atoms with Gasteiger partial charge in [-0.15, -0.1) is 0 Å². The molecule has 2 aliphatic carbocycles. The summed E-state index contributed by atoms with van der Waals surface area (Å²) in [7, 11) is 0.593. The molecule has 47 heavy (non-hydrogen) atoms. The van der Waals surface area contributed by atoms with Gasteiger partial charge < -0.3 is 4.90 Å². The third kappa shape index (κ3) is 11.3. The Kier molecular flexibility index (Phi) is 14.5. The van der Waals surface area contributed by atoms with Crippen molar-refractivity contribution in [3.05, 3.63) is 97.1 Å². The number of para-hydroxylation sites is 2. The van der Waals surface area contributed by atoms with Crippen molar-refractivity contribution < 1.29 is 32.2 Å². The SMILES string of the molecule is CN(C)c1ccccc1-c1ccccc1P(C1CCCCC1)C1CCCCC1.CS(=O)(=O)O.Nc1ccccc1-c1cccc[c]1[Pd]. The zero-order chi connectivity index (χ0) is 33.8. The summed E-state index contributed by atoms with van der Waals surface area (Å²) in [6.07, 6.45) is 15.3. The molecule has 4 aromatic rings. The standard InChI is InChI=1S/C26H36NP.C12H10N.CH4O3S.Pd/c1-27(2)25-19-11-9-17-23(25)24-18-10-12-20-26(24)28(21-13-5-3-6-14-21)22-15-7-4-8-16-22;13-12-9-5-4-8-11(12)10-6-2-1-3-7-10;1-5(2,3)4;/h9-12,17-22H,3-8,13-16H2,1-2H3;1-6,8-9H,13H2;1H3,(H,2,3,4);. The number of nitrogens with zero attached hydrogens (tertiary/aromatic N) is 1. The van der Waals surface area contributed by atoms with Gasteiger partial charge in [0.1, 0.15) is 0 Å². The zero-order valence-corrected chi connectivity index (χ0v) is 31.2. The molecule has 6 rings (SSSR count). The molecule has 255 valence electrons. The van der Waals surface area contributed by atoms with E-state index in [1.807, 2.05) is 42.5 Å². The normalized spacial score (nSPS) is 15.6. The van der Waals surface area contributed by atoms with Gasteiger partial charge in [0, 0.05) is 25.3 Å². The molecule has 0 saturated heterocycles. The first-order valence-corrected chi connectivity index (χ1v) is 20.8. The maximum atomic E-state index is 9.19. The number of hydrogen-bond donors (Lipinski definition) is 2. The van der Waals surface area contributed by atoms with Crippen LogP contribution in [-0.4, -0.2) is 44.6 Å². The van der Waals surface area contributed by atoms with Crippen molar-refractivity contribution in [2.75, 3.05) is 31.0 Å². The van der Waals surface area contributed by atoms with Crippen LogP contribution in [0.25, 0.3) is 22.3 Å². The second kappa shape index (κ2) is 18.3. The third-order valence-corrected chi connectivity index (χ3v) is 13.1. The van der Waals surface area contributed by atoms with E-state index in [-0.39, 0.29) is 7.92 Å². The Morgan fingerprint density at radius 3 is 1.60 bits per heavy atom. The predicted molar refractivity (Wildman–Crippen MR) is 200 cm³/mol. The van der Waals surface area contributed by atoms with Gasteiger partial charge in [-0.1, -0.05) is 88.9 Å². The van der Waals surface area contributed by atoms with Crippen molar-refractivity contribution in [3.63, 3.8) is 0 Å². The number of nitrogen functional groups attached to an aromatic ring is 1. The quantitative estimate of drug-likeness (QED) is 0.0889. The van der Waals surface area contributed by atoms with Gasteiger partial charge in [-0.3, -0.25) is 4.55 Å². The van der Waals surface area contributed by atoms with E-state index in [2.05, 4.69) is 92.8 Å². The fourth-order valence-electron chi connectivity index (χ4n) is 6.83. The molecule has 0 unspecified atom stereocenters. The fraction of sp³-hybridized carbons (Fsp3) is 0.385. The summed E-state index contributed by atoms with van der Waals surface area (Å²) in [6, 6.07) is 34.4. The Bertz CT molecular complexity index is 1600. The molecule has 0 aliphatic heterocycles. The average Bonchev–Trinajstić information content (AvgIpc) is 3.06. The van der Waals surface area contributed by atoms with Crippen LogP contribution in [0.5, 0.6) is 0 Å². The summed E-state index contributed by atoms with van der Waals surface area (Å²) in [6.45, 7) is 0. The Hall–Kier alpha value is -2.52. The molecule has 0 bridgehead atoms. The van der Waals surface area contributed by atoms with E-state index < -0.39 is 10.1 Å². The second-order valence-corrected chi connectivity index (χ2v) is 17.7. The van der Waals surface area contributed by atoms with E-state index in [4.69, 9.17) is 10.3 Å². The molecule has 8 heteroatoms. The molecule has 5 nitrogen and oxygen atoms in total. The van der Waals surface area contributed by atoms with Crippen molar-refractivity contribution in [2.24, 2.45) is 0 Å².